The summed E-state index contributed by atoms with van der Waals surface area (Å²) in [6, 6.07) is 6.57. The monoisotopic (exact) mass is 214 g/mol. The minimum atomic E-state index is -0.187. The molecule has 0 fully saturated rings. The Bertz CT molecular complexity index is 256. The molecule has 0 saturated carbocycles. The highest BCUT2D eigenvalue weighted by Gasteiger charge is 2.05. The zero-order valence-corrected chi connectivity index (χ0v) is 9.23. The average molecular weight is 215 g/mol. The molecule has 0 N–H and O–H groups in total. The number of rotatable bonds is 5. The fourth-order valence-electron chi connectivity index (χ4n) is 1.40. The van der Waals surface area contributed by atoms with E-state index in [2.05, 4.69) is 6.92 Å². The van der Waals surface area contributed by atoms with E-state index in [4.69, 9.17) is 11.6 Å². The number of benzene rings is 1. The van der Waals surface area contributed by atoms with Crippen LogP contribution in [0.4, 0.5) is 4.39 Å². The van der Waals surface area contributed by atoms with E-state index in [9.17, 15) is 4.39 Å². The Morgan fingerprint density at radius 2 is 1.93 bits per heavy atom. The molecule has 1 aromatic rings. The van der Waals surface area contributed by atoms with Crippen LogP contribution in [0.25, 0.3) is 0 Å². The molecule has 78 valence electrons. The Morgan fingerprint density at radius 3 is 2.50 bits per heavy atom. The van der Waals surface area contributed by atoms with Gasteiger partial charge in [0, 0.05) is 5.38 Å². The summed E-state index contributed by atoms with van der Waals surface area (Å²) in [6.07, 6.45) is 4.21. The molecule has 2 heteroatoms. The largest absolute Gasteiger partial charge is 0.207 e. The minimum absolute atomic E-state index is 0.181. The van der Waals surface area contributed by atoms with Crippen LogP contribution in [0, 0.1) is 5.82 Å². The Kier molecular flexibility index (Phi) is 4.95. The molecule has 0 heterocycles. The predicted octanol–water partition coefficient (Wildman–Crippen LogP) is 4.17. The van der Waals surface area contributed by atoms with Crippen molar-refractivity contribution < 1.29 is 4.39 Å². The lowest BCUT2D eigenvalue weighted by Crippen LogP contribution is -2.02. The molecule has 1 unspecified atom stereocenters. The van der Waals surface area contributed by atoms with Gasteiger partial charge >= 0.3 is 0 Å². The smallest absolute Gasteiger partial charge is 0.123 e. The van der Waals surface area contributed by atoms with Crippen LogP contribution < -0.4 is 0 Å². The van der Waals surface area contributed by atoms with Crippen molar-refractivity contribution >= 4 is 11.6 Å². The van der Waals surface area contributed by atoms with Crippen molar-refractivity contribution in [2.24, 2.45) is 0 Å². The third-order valence-electron chi connectivity index (χ3n) is 2.24. The van der Waals surface area contributed by atoms with Crippen LogP contribution >= 0.6 is 11.6 Å². The van der Waals surface area contributed by atoms with Crippen molar-refractivity contribution in [1.29, 1.82) is 0 Å². The topological polar surface area (TPSA) is 0 Å². The van der Waals surface area contributed by atoms with Gasteiger partial charge in [-0.05, 0) is 30.5 Å². The molecule has 0 aliphatic heterocycles. The SMILES string of the molecule is CCCCC(Cl)Cc1ccc(F)cc1. The summed E-state index contributed by atoms with van der Waals surface area (Å²) in [7, 11) is 0. The van der Waals surface area contributed by atoms with Gasteiger partial charge in [0.05, 0.1) is 0 Å². The van der Waals surface area contributed by atoms with E-state index < -0.39 is 0 Å². The molecule has 0 aliphatic carbocycles. The van der Waals surface area contributed by atoms with Gasteiger partial charge in [0.25, 0.3) is 0 Å². The second-order valence-electron chi connectivity index (χ2n) is 3.57. The van der Waals surface area contributed by atoms with Crippen LogP contribution in [0.3, 0.4) is 0 Å². The summed E-state index contributed by atoms with van der Waals surface area (Å²) < 4.78 is 12.6. The summed E-state index contributed by atoms with van der Waals surface area (Å²) in [5.41, 5.74) is 1.11. The Morgan fingerprint density at radius 1 is 1.29 bits per heavy atom. The normalized spacial score (nSPS) is 12.8. The first-order valence-electron chi connectivity index (χ1n) is 5.11. The van der Waals surface area contributed by atoms with Crippen molar-refractivity contribution in [2.75, 3.05) is 0 Å². The van der Waals surface area contributed by atoms with Gasteiger partial charge in [-0.1, -0.05) is 31.9 Å². The van der Waals surface area contributed by atoms with Crippen LogP contribution in [-0.2, 0) is 6.42 Å². The lowest BCUT2D eigenvalue weighted by Gasteiger charge is -2.08. The van der Waals surface area contributed by atoms with Gasteiger partial charge in [-0.15, -0.1) is 11.6 Å². The molecule has 0 aliphatic rings. The lowest BCUT2D eigenvalue weighted by molar-refractivity contribution is 0.625. The van der Waals surface area contributed by atoms with E-state index >= 15 is 0 Å². The van der Waals surface area contributed by atoms with E-state index in [-0.39, 0.29) is 11.2 Å². The summed E-state index contributed by atoms with van der Waals surface area (Å²) in [4.78, 5) is 0. The second kappa shape index (κ2) is 6.02. The fraction of sp³-hybridized carbons (Fsp3) is 0.500. The van der Waals surface area contributed by atoms with Gasteiger partial charge in [0.15, 0.2) is 0 Å². The van der Waals surface area contributed by atoms with Crippen molar-refractivity contribution in [2.45, 2.75) is 38.0 Å². The van der Waals surface area contributed by atoms with Crippen molar-refractivity contribution in [3.63, 3.8) is 0 Å². The quantitative estimate of drug-likeness (QED) is 0.646. The molecule has 0 saturated heterocycles. The molecule has 0 amide bonds. The molecule has 1 atom stereocenters. The van der Waals surface area contributed by atoms with Crippen molar-refractivity contribution in [3.05, 3.63) is 35.6 Å². The first kappa shape index (κ1) is 11.5. The van der Waals surface area contributed by atoms with Gasteiger partial charge in [0.1, 0.15) is 5.82 Å². The summed E-state index contributed by atoms with van der Waals surface area (Å²) >= 11 is 6.14. The molecular formula is C12H16ClF. The number of alkyl halides is 1. The lowest BCUT2D eigenvalue weighted by atomic mass is 10.1. The molecule has 0 nitrogen and oxygen atoms in total. The third-order valence-corrected chi connectivity index (χ3v) is 2.61. The fourth-order valence-corrected chi connectivity index (χ4v) is 1.74. The van der Waals surface area contributed by atoms with Gasteiger partial charge < -0.3 is 0 Å². The van der Waals surface area contributed by atoms with E-state index in [1.54, 1.807) is 12.1 Å². The summed E-state index contributed by atoms with van der Waals surface area (Å²) in [6.45, 7) is 2.15. The van der Waals surface area contributed by atoms with Crippen LogP contribution in [0.2, 0.25) is 0 Å². The first-order valence-corrected chi connectivity index (χ1v) is 5.54. The zero-order valence-electron chi connectivity index (χ0n) is 8.47. The highest BCUT2D eigenvalue weighted by molar-refractivity contribution is 6.20. The van der Waals surface area contributed by atoms with Gasteiger partial charge in [-0.3, -0.25) is 0 Å². The molecule has 0 bridgehead atoms. The molecule has 0 aromatic heterocycles. The number of halogens is 2. The molecule has 0 radical (unpaired) electrons. The van der Waals surface area contributed by atoms with Crippen LogP contribution in [-0.4, -0.2) is 5.38 Å². The maximum Gasteiger partial charge on any atom is 0.123 e. The van der Waals surface area contributed by atoms with Crippen molar-refractivity contribution in [1.82, 2.24) is 0 Å². The molecule has 0 spiro atoms. The van der Waals surface area contributed by atoms with Gasteiger partial charge in [0.2, 0.25) is 0 Å². The molecule has 1 aromatic carbocycles. The van der Waals surface area contributed by atoms with Crippen molar-refractivity contribution in [3.8, 4) is 0 Å². The summed E-state index contributed by atoms with van der Waals surface area (Å²) in [5.74, 6) is -0.187. The second-order valence-corrected chi connectivity index (χ2v) is 4.19. The maximum absolute atomic E-state index is 12.6. The van der Waals surface area contributed by atoms with Crippen LogP contribution in [0.5, 0.6) is 0 Å². The number of hydrogen-bond acceptors (Lipinski definition) is 0. The minimum Gasteiger partial charge on any atom is -0.207 e. The van der Waals surface area contributed by atoms with Crippen LogP contribution in [0.15, 0.2) is 24.3 Å². The van der Waals surface area contributed by atoms with E-state index in [0.717, 1.165) is 24.8 Å². The third kappa shape index (κ3) is 4.10. The molecule has 1 rings (SSSR count). The van der Waals surface area contributed by atoms with E-state index in [1.165, 1.54) is 18.6 Å². The first-order chi connectivity index (χ1) is 6.72. The van der Waals surface area contributed by atoms with Gasteiger partial charge in [-0.2, -0.15) is 0 Å². The average Bonchev–Trinajstić information content (AvgIpc) is 2.18. The Labute approximate surface area is 90.1 Å². The Hall–Kier alpha value is -0.560. The number of hydrogen-bond donors (Lipinski definition) is 0. The van der Waals surface area contributed by atoms with E-state index in [1.807, 2.05) is 0 Å². The zero-order chi connectivity index (χ0) is 10.4. The number of unbranched alkanes of at least 4 members (excludes halogenated alkanes) is 1. The van der Waals surface area contributed by atoms with E-state index in [0.29, 0.717) is 0 Å². The summed E-state index contributed by atoms with van der Waals surface area (Å²) in [5, 5.41) is 0.181. The molecule has 14 heavy (non-hydrogen) atoms. The highest BCUT2D eigenvalue weighted by Crippen LogP contribution is 2.14. The predicted molar refractivity (Wildman–Crippen MR) is 59.3 cm³/mol. The highest BCUT2D eigenvalue weighted by atomic mass is 35.5. The molecular weight excluding hydrogens is 199 g/mol. The standard InChI is InChI=1S/C12H16ClF/c1-2-3-4-11(13)9-10-5-7-12(14)8-6-10/h5-8,11H,2-4,9H2,1H3. The maximum atomic E-state index is 12.6. The van der Waals surface area contributed by atoms with Crippen LogP contribution in [0.1, 0.15) is 31.7 Å². The van der Waals surface area contributed by atoms with Gasteiger partial charge in [-0.25, -0.2) is 4.39 Å². The Balaban J connectivity index is 2.39.